The third kappa shape index (κ3) is 6.56. The SMILES string of the molecule is CCOc1ccc(S(=O)(=O)Nc2ccc(C(=O)NN=Cc3cc(Br)cc(Br)c3O)cc2)cc1. The number of benzene rings is 3. The van der Waals surface area contributed by atoms with Gasteiger partial charge in [-0.2, -0.15) is 5.10 Å². The summed E-state index contributed by atoms with van der Waals surface area (Å²) in [5, 5.41) is 13.9. The standard InChI is InChI=1S/C22H19Br2N3O5S/c1-2-32-18-7-9-19(10-8-18)33(30,31)27-17-5-3-14(4-6-17)22(29)26-25-13-15-11-16(23)12-20(24)21(15)28/h3-13,27-28H,2H2,1H3,(H,26,29). The predicted octanol–water partition coefficient (Wildman–Crippen LogP) is 4.88. The highest BCUT2D eigenvalue weighted by Crippen LogP contribution is 2.30. The summed E-state index contributed by atoms with van der Waals surface area (Å²) in [6, 6.07) is 15.3. The fourth-order valence-electron chi connectivity index (χ4n) is 2.69. The van der Waals surface area contributed by atoms with E-state index in [-0.39, 0.29) is 16.2 Å². The maximum Gasteiger partial charge on any atom is 0.271 e. The van der Waals surface area contributed by atoms with Gasteiger partial charge in [-0.15, -0.1) is 0 Å². The number of phenols is 1. The van der Waals surface area contributed by atoms with Crippen molar-refractivity contribution in [1.29, 1.82) is 0 Å². The molecule has 0 aliphatic rings. The number of nitrogens with zero attached hydrogens (tertiary/aromatic N) is 1. The average Bonchev–Trinajstić information content (AvgIpc) is 2.78. The lowest BCUT2D eigenvalue weighted by Crippen LogP contribution is -2.18. The maximum absolute atomic E-state index is 12.6. The van der Waals surface area contributed by atoms with Crippen molar-refractivity contribution in [1.82, 2.24) is 5.43 Å². The molecule has 11 heteroatoms. The van der Waals surface area contributed by atoms with E-state index < -0.39 is 15.9 Å². The first-order valence-electron chi connectivity index (χ1n) is 9.57. The minimum Gasteiger partial charge on any atom is -0.506 e. The summed E-state index contributed by atoms with van der Waals surface area (Å²) in [5.41, 5.74) is 3.33. The Hall–Kier alpha value is -2.89. The molecule has 1 amide bonds. The topological polar surface area (TPSA) is 117 Å². The van der Waals surface area contributed by atoms with Crippen LogP contribution >= 0.6 is 31.9 Å². The van der Waals surface area contributed by atoms with Crippen LogP contribution in [0, 0.1) is 0 Å². The number of sulfonamides is 1. The number of hydrazone groups is 1. The zero-order chi connectivity index (χ0) is 24.0. The third-order valence-electron chi connectivity index (χ3n) is 4.27. The summed E-state index contributed by atoms with van der Waals surface area (Å²) in [7, 11) is -3.80. The van der Waals surface area contributed by atoms with Crippen LogP contribution in [0.15, 0.2) is 79.6 Å². The lowest BCUT2D eigenvalue weighted by molar-refractivity contribution is 0.0955. The smallest absolute Gasteiger partial charge is 0.271 e. The quantitative estimate of drug-likeness (QED) is 0.253. The number of nitrogens with one attached hydrogen (secondary N) is 2. The van der Waals surface area contributed by atoms with E-state index in [1.54, 1.807) is 24.3 Å². The molecule has 0 radical (unpaired) electrons. The van der Waals surface area contributed by atoms with E-state index in [9.17, 15) is 18.3 Å². The molecule has 0 bridgehead atoms. The van der Waals surface area contributed by atoms with Crippen LogP contribution in [0.3, 0.4) is 0 Å². The summed E-state index contributed by atoms with van der Waals surface area (Å²) in [6.07, 6.45) is 1.31. The molecule has 0 fully saturated rings. The highest BCUT2D eigenvalue weighted by atomic mass is 79.9. The number of amides is 1. The van der Waals surface area contributed by atoms with Gasteiger partial charge in [-0.05, 0) is 83.5 Å². The zero-order valence-electron chi connectivity index (χ0n) is 17.2. The Kier molecular flexibility index (Phi) is 8.11. The second kappa shape index (κ2) is 10.8. The number of carbonyl (C=O) groups is 1. The van der Waals surface area contributed by atoms with Crippen LogP contribution in [-0.2, 0) is 10.0 Å². The summed E-state index contributed by atoms with van der Waals surface area (Å²) in [6.45, 7) is 2.33. The summed E-state index contributed by atoms with van der Waals surface area (Å²) < 4.78 is 34.1. The molecule has 33 heavy (non-hydrogen) atoms. The molecule has 0 aliphatic carbocycles. The van der Waals surface area contributed by atoms with Crippen molar-refractivity contribution in [3.8, 4) is 11.5 Å². The molecular weight excluding hydrogens is 578 g/mol. The first-order valence-corrected chi connectivity index (χ1v) is 12.6. The number of hydrogen-bond donors (Lipinski definition) is 3. The van der Waals surface area contributed by atoms with Crippen molar-refractivity contribution in [3.63, 3.8) is 0 Å². The van der Waals surface area contributed by atoms with Gasteiger partial charge in [0, 0.05) is 21.3 Å². The molecule has 3 N–H and O–H groups in total. The molecule has 3 aromatic rings. The Morgan fingerprint density at radius 2 is 1.76 bits per heavy atom. The van der Waals surface area contributed by atoms with Crippen LogP contribution in [0.1, 0.15) is 22.8 Å². The molecule has 0 spiro atoms. The van der Waals surface area contributed by atoms with E-state index in [4.69, 9.17) is 4.74 Å². The molecule has 0 saturated carbocycles. The Morgan fingerprint density at radius 1 is 1.09 bits per heavy atom. The normalized spacial score (nSPS) is 11.4. The predicted molar refractivity (Wildman–Crippen MR) is 133 cm³/mol. The lowest BCUT2D eigenvalue weighted by Gasteiger charge is -2.09. The van der Waals surface area contributed by atoms with Crippen LogP contribution in [-0.4, -0.2) is 32.3 Å². The second-order valence-electron chi connectivity index (χ2n) is 6.61. The van der Waals surface area contributed by atoms with E-state index in [1.165, 1.54) is 42.6 Å². The van der Waals surface area contributed by atoms with Crippen molar-refractivity contribution in [2.75, 3.05) is 11.3 Å². The first kappa shape index (κ1) is 24.7. The molecule has 0 aliphatic heterocycles. The zero-order valence-corrected chi connectivity index (χ0v) is 21.2. The van der Waals surface area contributed by atoms with Gasteiger partial charge in [-0.25, -0.2) is 13.8 Å². The largest absolute Gasteiger partial charge is 0.506 e. The van der Waals surface area contributed by atoms with E-state index in [0.29, 0.717) is 28.1 Å². The van der Waals surface area contributed by atoms with Crippen molar-refractivity contribution in [3.05, 3.63) is 80.7 Å². The number of anilines is 1. The first-order chi connectivity index (χ1) is 15.7. The van der Waals surface area contributed by atoms with Gasteiger partial charge in [0.25, 0.3) is 15.9 Å². The van der Waals surface area contributed by atoms with Gasteiger partial charge in [0.15, 0.2) is 0 Å². The van der Waals surface area contributed by atoms with Crippen molar-refractivity contribution < 1.29 is 23.1 Å². The number of ether oxygens (including phenoxy) is 1. The van der Waals surface area contributed by atoms with Crippen molar-refractivity contribution in [2.24, 2.45) is 5.10 Å². The number of carbonyl (C=O) groups excluding carboxylic acids is 1. The van der Waals surface area contributed by atoms with Gasteiger partial charge in [0.2, 0.25) is 0 Å². The maximum atomic E-state index is 12.6. The van der Waals surface area contributed by atoms with E-state index in [2.05, 4.69) is 47.1 Å². The molecule has 3 rings (SSSR count). The number of rotatable bonds is 8. The molecule has 0 aromatic heterocycles. The number of hydrogen-bond acceptors (Lipinski definition) is 6. The molecule has 0 atom stereocenters. The molecular formula is C22H19Br2N3O5S. The van der Waals surface area contributed by atoms with Crippen LogP contribution in [0.4, 0.5) is 5.69 Å². The van der Waals surface area contributed by atoms with Gasteiger partial charge in [0.1, 0.15) is 11.5 Å². The molecule has 3 aromatic carbocycles. The van der Waals surface area contributed by atoms with Crippen LogP contribution in [0.2, 0.25) is 0 Å². The van der Waals surface area contributed by atoms with Gasteiger partial charge >= 0.3 is 0 Å². The Labute approximate surface area is 208 Å². The van der Waals surface area contributed by atoms with Crippen LogP contribution in [0.5, 0.6) is 11.5 Å². The molecule has 0 unspecified atom stereocenters. The van der Waals surface area contributed by atoms with E-state index >= 15 is 0 Å². The molecule has 0 saturated heterocycles. The second-order valence-corrected chi connectivity index (χ2v) is 10.1. The van der Waals surface area contributed by atoms with E-state index in [1.807, 2.05) is 6.92 Å². The summed E-state index contributed by atoms with van der Waals surface area (Å²) in [4.78, 5) is 12.4. The van der Waals surface area contributed by atoms with Crippen molar-refractivity contribution >= 4 is 59.7 Å². The Bertz CT molecular complexity index is 1280. The van der Waals surface area contributed by atoms with E-state index in [0.717, 1.165) is 4.47 Å². The number of phenolic OH excluding ortho intramolecular Hbond substituents is 1. The fraction of sp³-hybridized carbons (Fsp3) is 0.0909. The average molecular weight is 597 g/mol. The number of halogens is 2. The molecule has 172 valence electrons. The third-order valence-corrected chi connectivity index (χ3v) is 6.73. The molecule has 0 heterocycles. The fourth-order valence-corrected chi connectivity index (χ4v) is 5.01. The minimum atomic E-state index is -3.80. The summed E-state index contributed by atoms with van der Waals surface area (Å²) in [5.74, 6) is 0.0679. The van der Waals surface area contributed by atoms with Crippen LogP contribution in [0.25, 0.3) is 0 Å². The highest BCUT2D eigenvalue weighted by Gasteiger charge is 2.15. The van der Waals surface area contributed by atoms with Gasteiger partial charge < -0.3 is 9.84 Å². The highest BCUT2D eigenvalue weighted by molar-refractivity contribution is 9.11. The molecule has 8 nitrogen and oxygen atoms in total. The summed E-state index contributed by atoms with van der Waals surface area (Å²) >= 11 is 6.53. The number of aromatic hydroxyl groups is 1. The van der Waals surface area contributed by atoms with Gasteiger partial charge in [0.05, 0.1) is 22.2 Å². The minimum absolute atomic E-state index is 0.0136. The lowest BCUT2D eigenvalue weighted by atomic mass is 10.2. The Morgan fingerprint density at radius 3 is 2.39 bits per heavy atom. The van der Waals surface area contributed by atoms with Crippen molar-refractivity contribution in [2.45, 2.75) is 11.8 Å². The Balaban J connectivity index is 1.64. The monoisotopic (exact) mass is 595 g/mol. The van der Waals surface area contributed by atoms with Gasteiger partial charge in [-0.1, -0.05) is 15.9 Å². The van der Waals surface area contributed by atoms with Gasteiger partial charge in [-0.3, -0.25) is 9.52 Å². The van der Waals surface area contributed by atoms with Crippen LogP contribution < -0.4 is 14.9 Å².